The normalized spacial score (nSPS) is 11.9. The first-order valence-corrected chi connectivity index (χ1v) is 10.5. The summed E-state index contributed by atoms with van der Waals surface area (Å²) < 4.78 is 31.9. The second kappa shape index (κ2) is 8.53. The van der Waals surface area contributed by atoms with Crippen molar-refractivity contribution in [3.05, 3.63) is 42.2 Å². The predicted octanol–water partition coefficient (Wildman–Crippen LogP) is 1.97. The van der Waals surface area contributed by atoms with Gasteiger partial charge in [0.05, 0.1) is 24.1 Å². The van der Waals surface area contributed by atoms with Crippen LogP contribution in [0.4, 0.5) is 0 Å². The highest BCUT2D eigenvalue weighted by atomic mass is 32.2. The van der Waals surface area contributed by atoms with Crippen molar-refractivity contribution in [3.8, 4) is 0 Å². The van der Waals surface area contributed by atoms with Gasteiger partial charge in [-0.25, -0.2) is 23.4 Å². The van der Waals surface area contributed by atoms with Crippen LogP contribution in [0.3, 0.4) is 0 Å². The lowest BCUT2D eigenvalue weighted by Crippen LogP contribution is -2.12. The van der Waals surface area contributed by atoms with Gasteiger partial charge in [0.1, 0.15) is 11.3 Å². The van der Waals surface area contributed by atoms with E-state index in [2.05, 4.69) is 24.5 Å². The van der Waals surface area contributed by atoms with E-state index in [1.165, 1.54) is 12.4 Å². The zero-order valence-corrected chi connectivity index (χ0v) is 16.3. The van der Waals surface area contributed by atoms with Gasteiger partial charge in [-0.2, -0.15) is 0 Å². The molecule has 0 saturated heterocycles. The van der Waals surface area contributed by atoms with Gasteiger partial charge in [0, 0.05) is 38.7 Å². The Bertz CT molecular complexity index is 1000. The number of aryl methyl sites for hydroxylation is 2. The Morgan fingerprint density at radius 1 is 1.15 bits per heavy atom. The molecule has 3 rings (SSSR count). The van der Waals surface area contributed by atoms with E-state index in [4.69, 9.17) is 4.74 Å². The summed E-state index contributed by atoms with van der Waals surface area (Å²) in [4.78, 5) is 16.6. The van der Waals surface area contributed by atoms with E-state index in [0.29, 0.717) is 32.4 Å². The van der Waals surface area contributed by atoms with Crippen LogP contribution in [-0.2, 0) is 27.5 Å². The van der Waals surface area contributed by atoms with E-state index in [-0.39, 0.29) is 10.9 Å². The molecule has 8 nitrogen and oxygen atoms in total. The minimum absolute atomic E-state index is 0.0254. The molecule has 0 unspecified atom stereocenters. The van der Waals surface area contributed by atoms with Crippen LogP contribution in [0.2, 0.25) is 0 Å². The fourth-order valence-electron chi connectivity index (χ4n) is 3.03. The number of hydrogen-bond donors (Lipinski definition) is 0. The zero-order chi connectivity index (χ0) is 19.3. The Morgan fingerprint density at radius 3 is 2.67 bits per heavy atom. The quantitative estimate of drug-likeness (QED) is 0.407. The molecule has 0 spiro atoms. The number of rotatable bonds is 9. The topological polar surface area (TPSA) is 99.9 Å². The maximum atomic E-state index is 12.3. The fourth-order valence-corrected chi connectivity index (χ4v) is 4.24. The molecule has 0 aromatic carbocycles. The molecule has 3 heterocycles. The van der Waals surface area contributed by atoms with Crippen LogP contribution in [0.25, 0.3) is 11.0 Å². The second-order valence-electron chi connectivity index (χ2n) is 6.30. The Labute approximate surface area is 158 Å². The molecule has 9 heteroatoms. The maximum absolute atomic E-state index is 12.3. The Kier molecular flexibility index (Phi) is 6.12. The molecule has 0 bridgehead atoms. The molecule has 27 heavy (non-hydrogen) atoms. The highest BCUT2D eigenvalue weighted by Crippen LogP contribution is 2.20. The molecular formula is C18H23N5O3S. The first kappa shape index (κ1) is 19.4. The highest BCUT2D eigenvalue weighted by Gasteiger charge is 2.17. The molecular weight excluding hydrogens is 366 g/mol. The fraction of sp³-hybridized carbons (Fsp3) is 0.444. The van der Waals surface area contributed by atoms with Gasteiger partial charge in [-0.05, 0) is 31.4 Å². The first-order valence-electron chi connectivity index (χ1n) is 8.81. The lowest BCUT2D eigenvalue weighted by Gasteiger charge is -2.10. The third kappa shape index (κ3) is 4.48. The summed E-state index contributed by atoms with van der Waals surface area (Å²) in [6.07, 6.45) is 8.38. The first-order chi connectivity index (χ1) is 13.0. The van der Waals surface area contributed by atoms with Crippen LogP contribution in [-0.4, -0.2) is 52.4 Å². The van der Waals surface area contributed by atoms with E-state index in [1.807, 2.05) is 13.1 Å². The van der Waals surface area contributed by atoms with Crippen molar-refractivity contribution in [1.29, 1.82) is 0 Å². The van der Waals surface area contributed by atoms with Gasteiger partial charge in [-0.1, -0.05) is 0 Å². The number of hydrogen-bond acceptors (Lipinski definition) is 7. The summed E-state index contributed by atoms with van der Waals surface area (Å²) in [5.74, 6) is 0.953. The van der Waals surface area contributed by atoms with Crippen LogP contribution >= 0.6 is 0 Å². The Balaban J connectivity index is 1.71. The molecule has 0 amide bonds. The SMILES string of the molecule is COCCc1nc2cncc(C)c2n1CCCCS(=O)(=O)c1ncccn1. The molecule has 3 aromatic rings. The van der Waals surface area contributed by atoms with E-state index in [9.17, 15) is 8.42 Å². The summed E-state index contributed by atoms with van der Waals surface area (Å²) in [5, 5.41) is -0.110. The molecule has 0 radical (unpaired) electrons. The maximum Gasteiger partial charge on any atom is 0.246 e. The molecule has 0 N–H and O–H groups in total. The zero-order valence-electron chi connectivity index (χ0n) is 15.5. The van der Waals surface area contributed by atoms with Gasteiger partial charge < -0.3 is 9.30 Å². The average molecular weight is 389 g/mol. The average Bonchev–Trinajstić information content (AvgIpc) is 3.03. The molecule has 3 aromatic heterocycles. The van der Waals surface area contributed by atoms with Crippen molar-refractivity contribution >= 4 is 20.9 Å². The summed E-state index contributed by atoms with van der Waals surface area (Å²) in [6.45, 7) is 3.27. The molecule has 0 aliphatic heterocycles. The number of unbranched alkanes of at least 4 members (excludes halogenated alkanes) is 1. The molecule has 0 aliphatic rings. The number of sulfone groups is 1. The van der Waals surface area contributed by atoms with Gasteiger partial charge in [0.25, 0.3) is 0 Å². The van der Waals surface area contributed by atoms with Crippen molar-refractivity contribution in [2.24, 2.45) is 0 Å². The van der Waals surface area contributed by atoms with Crippen molar-refractivity contribution < 1.29 is 13.2 Å². The number of fused-ring (bicyclic) bond motifs is 1. The smallest absolute Gasteiger partial charge is 0.246 e. The summed E-state index contributed by atoms with van der Waals surface area (Å²) in [7, 11) is -1.79. The molecule has 0 aliphatic carbocycles. The van der Waals surface area contributed by atoms with Gasteiger partial charge in [-0.3, -0.25) is 4.98 Å². The largest absolute Gasteiger partial charge is 0.384 e. The number of aromatic nitrogens is 5. The van der Waals surface area contributed by atoms with Crippen molar-refractivity contribution in [3.63, 3.8) is 0 Å². The lowest BCUT2D eigenvalue weighted by molar-refractivity contribution is 0.199. The van der Waals surface area contributed by atoms with Gasteiger partial charge in [0.2, 0.25) is 15.0 Å². The molecule has 144 valence electrons. The van der Waals surface area contributed by atoms with Crippen molar-refractivity contribution in [2.75, 3.05) is 19.5 Å². The van der Waals surface area contributed by atoms with E-state index in [1.54, 1.807) is 19.4 Å². The van der Waals surface area contributed by atoms with Gasteiger partial charge in [-0.15, -0.1) is 0 Å². The van der Waals surface area contributed by atoms with Gasteiger partial charge >= 0.3 is 0 Å². The Hall–Kier alpha value is -2.39. The predicted molar refractivity (Wildman–Crippen MR) is 101 cm³/mol. The van der Waals surface area contributed by atoms with Crippen molar-refractivity contribution in [1.82, 2.24) is 24.5 Å². The number of imidazole rings is 1. The highest BCUT2D eigenvalue weighted by molar-refractivity contribution is 7.91. The number of nitrogens with zero attached hydrogens (tertiary/aromatic N) is 5. The molecule has 0 atom stereocenters. The number of pyridine rings is 1. The summed E-state index contributed by atoms with van der Waals surface area (Å²) in [5.41, 5.74) is 2.95. The minimum atomic E-state index is -3.45. The van der Waals surface area contributed by atoms with Crippen LogP contribution in [0, 0.1) is 6.92 Å². The standard InChI is InChI=1S/C18H23N5O3S/c1-14-12-19-13-15-17(14)23(16(22-15)6-10-26-2)9-3-4-11-27(24,25)18-20-7-5-8-21-18/h5,7-8,12-13H,3-4,6,9-11H2,1-2H3. The number of methoxy groups -OCH3 is 1. The monoisotopic (exact) mass is 389 g/mol. The number of ether oxygens (including phenoxy) is 1. The van der Waals surface area contributed by atoms with Crippen LogP contribution < -0.4 is 0 Å². The third-order valence-corrected chi connectivity index (χ3v) is 5.90. The van der Waals surface area contributed by atoms with Crippen LogP contribution in [0.15, 0.2) is 36.0 Å². The Morgan fingerprint density at radius 2 is 1.93 bits per heavy atom. The minimum Gasteiger partial charge on any atom is -0.384 e. The van der Waals surface area contributed by atoms with Gasteiger partial charge in [0.15, 0.2) is 0 Å². The van der Waals surface area contributed by atoms with Crippen LogP contribution in [0.5, 0.6) is 0 Å². The van der Waals surface area contributed by atoms with E-state index < -0.39 is 9.84 Å². The molecule has 0 saturated carbocycles. The third-order valence-electron chi connectivity index (χ3n) is 4.31. The van der Waals surface area contributed by atoms with Crippen LogP contribution in [0.1, 0.15) is 24.2 Å². The summed E-state index contributed by atoms with van der Waals surface area (Å²) >= 11 is 0. The molecule has 0 fully saturated rings. The van der Waals surface area contributed by atoms with Crippen molar-refractivity contribution in [2.45, 2.75) is 37.9 Å². The summed E-state index contributed by atoms with van der Waals surface area (Å²) in [6, 6.07) is 1.60. The second-order valence-corrected chi connectivity index (χ2v) is 8.31. The van der Waals surface area contributed by atoms with E-state index >= 15 is 0 Å². The van der Waals surface area contributed by atoms with E-state index in [0.717, 1.165) is 22.4 Å². The lowest BCUT2D eigenvalue weighted by atomic mass is 10.2.